The molecule has 1 aromatic carbocycles. The number of hydrogen-bond donors (Lipinski definition) is 2. The summed E-state index contributed by atoms with van der Waals surface area (Å²) in [5.41, 5.74) is 7.15. The molecule has 3 N–H and O–H groups in total. The average molecular weight is 388 g/mol. The van der Waals surface area contributed by atoms with Gasteiger partial charge in [-0.3, -0.25) is 9.69 Å². The zero-order chi connectivity index (χ0) is 16.1. The van der Waals surface area contributed by atoms with E-state index >= 15 is 0 Å². The molecular formula is C19H31Cl2N3O. The zero-order valence-electron chi connectivity index (χ0n) is 14.7. The summed E-state index contributed by atoms with van der Waals surface area (Å²) in [6.45, 7) is 3.53. The fraction of sp³-hybridized carbons (Fsp3) is 0.632. The molecule has 1 saturated carbocycles. The number of hydrogen-bond acceptors (Lipinski definition) is 3. The molecule has 0 aromatic heterocycles. The van der Waals surface area contributed by atoms with E-state index in [0.29, 0.717) is 18.5 Å². The van der Waals surface area contributed by atoms with Crippen LogP contribution < -0.4 is 11.1 Å². The molecule has 1 amide bonds. The van der Waals surface area contributed by atoms with Crippen LogP contribution in [0.25, 0.3) is 0 Å². The Balaban J connectivity index is 0.00000156. The van der Waals surface area contributed by atoms with Crippen molar-refractivity contribution < 1.29 is 4.79 Å². The minimum absolute atomic E-state index is 0. The van der Waals surface area contributed by atoms with Crippen molar-refractivity contribution in [1.29, 1.82) is 0 Å². The van der Waals surface area contributed by atoms with Gasteiger partial charge in [0.15, 0.2) is 0 Å². The first-order chi connectivity index (χ1) is 11.3. The van der Waals surface area contributed by atoms with Crippen molar-refractivity contribution in [2.75, 3.05) is 19.6 Å². The third-order valence-corrected chi connectivity index (χ3v) is 5.54. The first-order valence-corrected chi connectivity index (χ1v) is 9.03. The quantitative estimate of drug-likeness (QED) is 0.788. The van der Waals surface area contributed by atoms with E-state index in [1.54, 1.807) is 0 Å². The second kappa shape index (κ2) is 11.0. The Morgan fingerprint density at radius 3 is 2.60 bits per heavy atom. The van der Waals surface area contributed by atoms with Crippen molar-refractivity contribution in [2.45, 2.75) is 44.7 Å². The normalized spacial score (nSPS) is 25.9. The average Bonchev–Trinajstić information content (AvgIpc) is 3.22. The maximum absolute atomic E-state index is 12.5. The molecule has 2 fully saturated rings. The summed E-state index contributed by atoms with van der Waals surface area (Å²) in [6, 6.07) is 11.1. The second-order valence-corrected chi connectivity index (χ2v) is 7.03. The lowest BCUT2D eigenvalue weighted by Crippen LogP contribution is -2.43. The lowest BCUT2D eigenvalue weighted by molar-refractivity contribution is -0.126. The van der Waals surface area contributed by atoms with Crippen LogP contribution >= 0.6 is 24.8 Å². The number of nitrogens with zero attached hydrogens (tertiary/aromatic N) is 1. The molecule has 0 spiro atoms. The van der Waals surface area contributed by atoms with Crippen LogP contribution in [0.2, 0.25) is 0 Å². The molecule has 142 valence electrons. The van der Waals surface area contributed by atoms with Gasteiger partial charge in [-0.1, -0.05) is 36.8 Å². The van der Waals surface area contributed by atoms with Gasteiger partial charge in [-0.2, -0.15) is 0 Å². The van der Waals surface area contributed by atoms with Crippen molar-refractivity contribution in [3.05, 3.63) is 35.9 Å². The molecule has 0 bridgehead atoms. The summed E-state index contributed by atoms with van der Waals surface area (Å²) in [7, 11) is 0. The molecule has 6 heteroatoms. The van der Waals surface area contributed by atoms with Crippen LogP contribution in [0.5, 0.6) is 0 Å². The van der Waals surface area contributed by atoms with Gasteiger partial charge in [-0.15, -0.1) is 24.8 Å². The molecule has 1 aliphatic carbocycles. The molecule has 0 radical (unpaired) electrons. The lowest BCUT2D eigenvalue weighted by Gasteiger charge is -2.26. The molecule has 1 heterocycles. The summed E-state index contributed by atoms with van der Waals surface area (Å²) in [5, 5.41) is 3.21. The zero-order valence-corrected chi connectivity index (χ0v) is 16.4. The summed E-state index contributed by atoms with van der Waals surface area (Å²) >= 11 is 0. The van der Waals surface area contributed by atoms with Crippen molar-refractivity contribution in [2.24, 2.45) is 17.6 Å². The van der Waals surface area contributed by atoms with Crippen molar-refractivity contribution in [1.82, 2.24) is 10.2 Å². The smallest absolute Gasteiger partial charge is 0.223 e. The topological polar surface area (TPSA) is 58.4 Å². The van der Waals surface area contributed by atoms with Gasteiger partial charge in [0, 0.05) is 25.0 Å². The number of likely N-dealkylation sites (tertiary alicyclic amines) is 1. The monoisotopic (exact) mass is 387 g/mol. The van der Waals surface area contributed by atoms with Gasteiger partial charge < -0.3 is 11.1 Å². The Kier molecular flexibility index (Phi) is 9.80. The van der Waals surface area contributed by atoms with E-state index < -0.39 is 0 Å². The van der Waals surface area contributed by atoms with Crippen LogP contribution in [0, 0.1) is 11.8 Å². The Morgan fingerprint density at radius 2 is 1.88 bits per heavy atom. The van der Waals surface area contributed by atoms with Crippen LogP contribution in [-0.2, 0) is 11.3 Å². The first kappa shape index (κ1) is 22.2. The van der Waals surface area contributed by atoms with Crippen molar-refractivity contribution in [3.8, 4) is 0 Å². The van der Waals surface area contributed by atoms with E-state index in [9.17, 15) is 4.79 Å². The number of halogens is 2. The fourth-order valence-electron chi connectivity index (χ4n) is 4.17. The van der Waals surface area contributed by atoms with E-state index in [4.69, 9.17) is 5.73 Å². The number of nitrogens with one attached hydrogen (secondary N) is 1. The van der Waals surface area contributed by atoms with E-state index in [1.165, 1.54) is 18.4 Å². The maximum Gasteiger partial charge on any atom is 0.223 e. The predicted molar refractivity (Wildman–Crippen MR) is 107 cm³/mol. The molecule has 25 heavy (non-hydrogen) atoms. The van der Waals surface area contributed by atoms with Crippen LogP contribution in [-0.4, -0.2) is 36.5 Å². The molecule has 1 unspecified atom stereocenters. The van der Waals surface area contributed by atoms with E-state index in [-0.39, 0.29) is 36.6 Å². The molecule has 3 atom stereocenters. The SMILES string of the molecule is Cl.Cl.NC[C@H]1CCC[C@H]1C(=O)NCC1CCCN1Cc1ccccc1. The molecule has 1 saturated heterocycles. The third-order valence-electron chi connectivity index (χ3n) is 5.54. The summed E-state index contributed by atoms with van der Waals surface area (Å²) in [6.07, 6.45) is 5.66. The van der Waals surface area contributed by atoms with Gasteiger partial charge in [0.1, 0.15) is 0 Å². The number of carbonyl (C=O) groups excluding carboxylic acids is 1. The lowest BCUT2D eigenvalue weighted by atomic mass is 9.95. The second-order valence-electron chi connectivity index (χ2n) is 7.03. The minimum atomic E-state index is 0. The Bertz CT molecular complexity index is 515. The van der Waals surface area contributed by atoms with Gasteiger partial charge in [0.25, 0.3) is 0 Å². The number of carbonyl (C=O) groups is 1. The fourth-order valence-corrected chi connectivity index (χ4v) is 4.17. The van der Waals surface area contributed by atoms with Gasteiger partial charge >= 0.3 is 0 Å². The van der Waals surface area contributed by atoms with Gasteiger partial charge in [0.05, 0.1) is 0 Å². The molecule has 3 rings (SSSR count). The van der Waals surface area contributed by atoms with E-state index in [0.717, 1.165) is 38.9 Å². The number of nitrogens with two attached hydrogens (primary N) is 1. The largest absolute Gasteiger partial charge is 0.354 e. The van der Waals surface area contributed by atoms with Crippen molar-refractivity contribution in [3.63, 3.8) is 0 Å². The highest BCUT2D eigenvalue weighted by Crippen LogP contribution is 2.31. The number of amides is 1. The third kappa shape index (κ3) is 5.85. The molecular weight excluding hydrogens is 357 g/mol. The maximum atomic E-state index is 12.5. The molecule has 2 aliphatic rings. The van der Waals surface area contributed by atoms with E-state index in [1.807, 2.05) is 0 Å². The molecule has 4 nitrogen and oxygen atoms in total. The first-order valence-electron chi connectivity index (χ1n) is 9.03. The van der Waals surface area contributed by atoms with Crippen LogP contribution in [0.15, 0.2) is 30.3 Å². The highest BCUT2D eigenvalue weighted by molar-refractivity contribution is 5.85. The Labute approximate surface area is 163 Å². The highest BCUT2D eigenvalue weighted by atomic mass is 35.5. The number of benzene rings is 1. The molecule has 1 aliphatic heterocycles. The highest BCUT2D eigenvalue weighted by Gasteiger charge is 2.32. The van der Waals surface area contributed by atoms with Crippen LogP contribution in [0.4, 0.5) is 0 Å². The Hall–Kier alpha value is -0.810. The van der Waals surface area contributed by atoms with Crippen LogP contribution in [0.3, 0.4) is 0 Å². The van der Waals surface area contributed by atoms with Crippen LogP contribution in [0.1, 0.15) is 37.7 Å². The van der Waals surface area contributed by atoms with Gasteiger partial charge in [-0.25, -0.2) is 0 Å². The summed E-state index contributed by atoms with van der Waals surface area (Å²) < 4.78 is 0. The van der Waals surface area contributed by atoms with Gasteiger partial charge in [0.2, 0.25) is 5.91 Å². The van der Waals surface area contributed by atoms with E-state index in [2.05, 4.69) is 40.5 Å². The standard InChI is InChI=1S/C19H29N3O.2ClH/c20-12-16-8-4-10-18(16)19(23)21-13-17-9-5-11-22(17)14-15-6-2-1-3-7-15;;/h1-3,6-7,16-18H,4-5,8-14,20H2,(H,21,23);2*1H/t16-,17?,18-;;/m1../s1. The summed E-state index contributed by atoms with van der Waals surface area (Å²) in [5.74, 6) is 0.757. The Morgan fingerprint density at radius 1 is 1.12 bits per heavy atom. The minimum Gasteiger partial charge on any atom is -0.354 e. The predicted octanol–water partition coefficient (Wildman–Crippen LogP) is 2.99. The van der Waals surface area contributed by atoms with Crippen molar-refractivity contribution >= 4 is 30.7 Å². The summed E-state index contributed by atoms with van der Waals surface area (Å²) in [4.78, 5) is 15.0. The molecule has 1 aromatic rings. The number of rotatable bonds is 6. The van der Waals surface area contributed by atoms with Gasteiger partial charge in [-0.05, 0) is 50.3 Å².